The zero-order valence-corrected chi connectivity index (χ0v) is 20.3. The van der Waals surface area contributed by atoms with Crippen molar-refractivity contribution >= 4 is 17.8 Å². The third kappa shape index (κ3) is 6.07. The number of nitrogens with one attached hydrogen (secondary N) is 1. The number of carbonyl (C=O) groups is 1. The molecule has 194 valence electrons. The lowest BCUT2D eigenvalue weighted by molar-refractivity contribution is -0.154. The average Bonchev–Trinajstić information content (AvgIpc) is 3.20. The van der Waals surface area contributed by atoms with Gasteiger partial charge in [-0.1, -0.05) is 43.3 Å². The number of hydrogen-bond donors (Lipinski definition) is 2. The van der Waals surface area contributed by atoms with E-state index in [0.29, 0.717) is 18.4 Å². The SMILES string of the molecule is Cc1cc(C(C)/C=C/c2ccc3c(c2)CCC3NC(=O)CC(F)(F)F)cc(-n2ccc(N)nc2=O)c1F. The highest BCUT2D eigenvalue weighted by Gasteiger charge is 2.33. The van der Waals surface area contributed by atoms with Gasteiger partial charge in [0, 0.05) is 6.20 Å². The number of alkyl halides is 3. The van der Waals surface area contributed by atoms with Crippen LogP contribution in [0.25, 0.3) is 11.8 Å². The van der Waals surface area contributed by atoms with Crippen molar-refractivity contribution in [1.82, 2.24) is 14.9 Å². The highest BCUT2D eigenvalue weighted by Crippen LogP contribution is 2.33. The summed E-state index contributed by atoms with van der Waals surface area (Å²) in [6.07, 6.45) is 0.397. The van der Waals surface area contributed by atoms with Crippen molar-refractivity contribution in [1.29, 1.82) is 0 Å². The van der Waals surface area contributed by atoms with E-state index in [0.717, 1.165) is 26.8 Å². The molecule has 0 fully saturated rings. The van der Waals surface area contributed by atoms with Gasteiger partial charge in [-0.25, -0.2) is 9.18 Å². The summed E-state index contributed by atoms with van der Waals surface area (Å²) in [4.78, 5) is 27.6. The quantitative estimate of drug-likeness (QED) is 0.446. The molecule has 37 heavy (non-hydrogen) atoms. The molecule has 1 aliphatic carbocycles. The second-order valence-corrected chi connectivity index (χ2v) is 9.23. The molecule has 0 spiro atoms. The number of nitrogen functional groups attached to an aromatic ring is 1. The Labute approximate surface area is 210 Å². The third-order valence-electron chi connectivity index (χ3n) is 6.39. The van der Waals surface area contributed by atoms with E-state index in [1.165, 1.54) is 12.3 Å². The molecule has 2 unspecified atom stereocenters. The number of rotatable bonds is 6. The average molecular weight is 515 g/mol. The van der Waals surface area contributed by atoms with Gasteiger partial charge in [-0.05, 0) is 65.6 Å². The number of aryl methyl sites for hydroxylation is 2. The van der Waals surface area contributed by atoms with Gasteiger partial charge in [-0.2, -0.15) is 18.2 Å². The number of allylic oxidation sites excluding steroid dienone is 1. The van der Waals surface area contributed by atoms with Crippen LogP contribution < -0.4 is 16.7 Å². The molecular weight excluding hydrogens is 488 g/mol. The Hall–Kier alpha value is -3.95. The molecule has 3 aromatic rings. The van der Waals surface area contributed by atoms with Crippen LogP contribution in [-0.4, -0.2) is 21.6 Å². The molecule has 3 N–H and O–H groups in total. The van der Waals surface area contributed by atoms with Gasteiger partial charge in [-0.15, -0.1) is 0 Å². The molecule has 0 saturated carbocycles. The Morgan fingerprint density at radius 3 is 2.73 bits per heavy atom. The Morgan fingerprint density at radius 2 is 2.03 bits per heavy atom. The lowest BCUT2D eigenvalue weighted by atomic mass is 9.96. The van der Waals surface area contributed by atoms with Gasteiger partial charge >= 0.3 is 11.9 Å². The van der Waals surface area contributed by atoms with Gasteiger partial charge in [0.2, 0.25) is 5.91 Å². The van der Waals surface area contributed by atoms with Gasteiger partial charge in [0.1, 0.15) is 18.1 Å². The molecule has 0 aliphatic heterocycles. The summed E-state index contributed by atoms with van der Waals surface area (Å²) in [5.74, 6) is -1.63. The molecule has 1 amide bonds. The monoisotopic (exact) mass is 514 g/mol. The molecule has 1 aromatic heterocycles. The maximum Gasteiger partial charge on any atom is 0.397 e. The number of nitrogens with two attached hydrogens (primary N) is 1. The summed E-state index contributed by atoms with van der Waals surface area (Å²) in [7, 11) is 0. The van der Waals surface area contributed by atoms with Crippen LogP contribution in [0.4, 0.5) is 23.4 Å². The predicted molar refractivity (Wildman–Crippen MR) is 133 cm³/mol. The first-order valence-corrected chi connectivity index (χ1v) is 11.7. The normalized spacial score (nSPS) is 16.1. The summed E-state index contributed by atoms with van der Waals surface area (Å²) in [6, 6.07) is 9.94. The number of halogens is 4. The Bertz CT molecular complexity index is 1430. The summed E-state index contributed by atoms with van der Waals surface area (Å²) in [5, 5.41) is 2.48. The van der Waals surface area contributed by atoms with Gasteiger partial charge in [0.25, 0.3) is 0 Å². The van der Waals surface area contributed by atoms with E-state index in [4.69, 9.17) is 5.73 Å². The summed E-state index contributed by atoms with van der Waals surface area (Å²) >= 11 is 0. The smallest absolute Gasteiger partial charge is 0.383 e. The highest BCUT2D eigenvalue weighted by atomic mass is 19.4. The van der Waals surface area contributed by atoms with Crippen LogP contribution in [0.1, 0.15) is 59.5 Å². The first-order chi connectivity index (χ1) is 17.4. The summed E-state index contributed by atoms with van der Waals surface area (Å²) in [5.41, 5.74) is 8.82. The van der Waals surface area contributed by atoms with E-state index in [-0.39, 0.29) is 17.4 Å². The van der Waals surface area contributed by atoms with Crippen LogP contribution in [-0.2, 0) is 11.2 Å². The van der Waals surface area contributed by atoms with Gasteiger partial charge in [-0.3, -0.25) is 9.36 Å². The summed E-state index contributed by atoms with van der Waals surface area (Å²) < 4.78 is 53.4. The molecule has 0 radical (unpaired) electrons. The van der Waals surface area contributed by atoms with Crippen molar-refractivity contribution in [3.8, 4) is 5.69 Å². The fourth-order valence-electron chi connectivity index (χ4n) is 4.50. The Kier molecular flexibility index (Phi) is 7.20. The zero-order chi connectivity index (χ0) is 26.9. The van der Waals surface area contributed by atoms with Crippen molar-refractivity contribution in [2.24, 2.45) is 0 Å². The lowest BCUT2D eigenvalue weighted by Gasteiger charge is -2.15. The first kappa shape index (κ1) is 26.1. The number of anilines is 1. The maximum absolute atomic E-state index is 14.9. The Morgan fingerprint density at radius 1 is 1.27 bits per heavy atom. The minimum absolute atomic E-state index is 0.0511. The van der Waals surface area contributed by atoms with Gasteiger partial charge in [0.05, 0.1) is 11.7 Å². The predicted octanol–water partition coefficient (Wildman–Crippen LogP) is 5.14. The molecule has 0 saturated heterocycles. The molecule has 6 nitrogen and oxygen atoms in total. The molecule has 2 aromatic carbocycles. The van der Waals surface area contributed by atoms with Crippen LogP contribution in [0, 0.1) is 12.7 Å². The van der Waals surface area contributed by atoms with Crippen molar-refractivity contribution in [3.63, 3.8) is 0 Å². The van der Waals surface area contributed by atoms with E-state index in [9.17, 15) is 27.2 Å². The van der Waals surface area contributed by atoms with E-state index in [2.05, 4.69) is 10.3 Å². The van der Waals surface area contributed by atoms with Crippen molar-refractivity contribution < 1.29 is 22.4 Å². The van der Waals surface area contributed by atoms with Gasteiger partial charge < -0.3 is 11.1 Å². The lowest BCUT2D eigenvalue weighted by Crippen LogP contribution is -2.31. The summed E-state index contributed by atoms with van der Waals surface area (Å²) in [6.45, 7) is 3.56. The maximum atomic E-state index is 14.9. The number of hydrogen-bond acceptors (Lipinski definition) is 4. The molecule has 2 atom stereocenters. The fourth-order valence-corrected chi connectivity index (χ4v) is 4.50. The standard InChI is InChI=1S/C27H26F4N4O2/c1-15(19-11-16(2)25(28)22(13-19)35-10-9-23(32)34-26(35)37)3-4-17-5-7-20-18(12-17)6-8-21(20)33-24(36)14-27(29,30)31/h3-5,7,9-13,15,21H,6,8,14H2,1-2H3,(H,33,36)(H2,32,34,37)/b4-3+. The van der Waals surface area contributed by atoms with Crippen molar-refractivity contribution in [2.75, 3.05) is 5.73 Å². The number of aromatic nitrogens is 2. The second kappa shape index (κ2) is 10.2. The van der Waals surface area contributed by atoms with E-state index < -0.39 is 36.1 Å². The van der Waals surface area contributed by atoms with Gasteiger partial charge in [0.15, 0.2) is 0 Å². The number of carbonyl (C=O) groups excluding carboxylic acids is 1. The Balaban J connectivity index is 1.52. The third-order valence-corrected chi connectivity index (χ3v) is 6.39. The molecule has 0 bridgehead atoms. The topological polar surface area (TPSA) is 90.0 Å². The zero-order valence-electron chi connectivity index (χ0n) is 20.3. The van der Waals surface area contributed by atoms with Crippen molar-refractivity contribution in [2.45, 2.75) is 51.2 Å². The number of benzene rings is 2. The first-order valence-electron chi connectivity index (χ1n) is 11.7. The molecule has 1 heterocycles. The minimum Gasteiger partial charge on any atom is -0.383 e. The molecular formula is C27H26F4N4O2. The minimum atomic E-state index is -4.54. The van der Waals surface area contributed by atoms with Crippen molar-refractivity contribution in [3.05, 3.63) is 92.8 Å². The second-order valence-electron chi connectivity index (χ2n) is 9.23. The molecule has 10 heteroatoms. The number of amides is 1. The van der Waals surface area contributed by atoms with Crippen LogP contribution in [0.2, 0.25) is 0 Å². The highest BCUT2D eigenvalue weighted by molar-refractivity contribution is 5.77. The van der Waals surface area contributed by atoms with Crippen LogP contribution in [0.15, 0.2) is 53.5 Å². The number of nitrogens with zero attached hydrogens (tertiary/aromatic N) is 2. The van der Waals surface area contributed by atoms with Crippen LogP contribution in [0.5, 0.6) is 0 Å². The van der Waals surface area contributed by atoms with Crippen LogP contribution in [0.3, 0.4) is 0 Å². The molecule has 1 aliphatic rings. The number of fused-ring (bicyclic) bond motifs is 1. The van der Waals surface area contributed by atoms with E-state index >= 15 is 0 Å². The van der Waals surface area contributed by atoms with E-state index in [1.807, 2.05) is 37.3 Å². The van der Waals surface area contributed by atoms with Crippen LogP contribution >= 0.6 is 0 Å². The molecule has 4 rings (SSSR count). The van der Waals surface area contributed by atoms with E-state index in [1.54, 1.807) is 19.1 Å². The largest absolute Gasteiger partial charge is 0.397 e. The fraction of sp³-hybridized carbons (Fsp3) is 0.296.